The van der Waals surface area contributed by atoms with Crippen molar-refractivity contribution in [3.8, 4) is 44.5 Å². The predicted octanol–water partition coefficient (Wildman–Crippen LogP) is 14.2. The van der Waals surface area contributed by atoms with Crippen molar-refractivity contribution < 1.29 is 65.3 Å². The van der Waals surface area contributed by atoms with E-state index in [1.807, 2.05) is 96.4 Å². The molecule has 8 aromatic carbocycles. The number of cyclic esters (lactones) is 4. The molecule has 0 aliphatic carbocycles. The number of ketones is 2. The van der Waals surface area contributed by atoms with Crippen LogP contribution < -0.4 is 39.2 Å². The van der Waals surface area contributed by atoms with Crippen LogP contribution in [0.3, 0.4) is 0 Å². The third-order valence-corrected chi connectivity index (χ3v) is 23.1. The summed E-state index contributed by atoms with van der Waals surface area (Å²) in [5, 5.41) is 45.6. The Bertz CT molecular complexity index is 6070. The topological polar surface area (TPSA) is 336 Å². The van der Waals surface area contributed by atoms with Gasteiger partial charge >= 0.3 is 24.4 Å². The van der Waals surface area contributed by atoms with Gasteiger partial charge in [0.2, 0.25) is 0 Å². The molecule has 124 heavy (non-hydrogen) atoms. The molecule has 12 aromatic rings. The Kier molecular flexibility index (Phi) is 23.1. The first-order valence-electron chi connectivity index (χ1n) is 40.8. The zero-order valence-electron chi connectivity index (χ0n) is 68.6. The number of tetrazole rings is 2. The van der Waals surface area contributed by atoms with Gasteiger partial charge in [0.25, 0.3) is 11.9 Å². The van der Waals surface area contributed by atoms with Crippen LogP contribution in [0, 0.1) is 23.3 Å². The number of aromatic nitrogens is 14. The van der Waals surface area contributed by atoms with E-state index in [9.17, 15) is 37.5 Å². The maximum Gasteiger partial charge on any atom is 0.414 e. The average molecular weight is 1690 g/mol. The van der Waals surface area contributed by atoms with E-state index in [1.165, 1.54) is 78.4 Å². The zero-order valence-corrected chi connectivity index (χ0v) is 68.6. The van der Waals surface area contributed by atoms with Gasteiger partial charge in [0.05, 0.1) is 75.4 Å². The summed E-state index contributed by atoms with van der Waals surface area (Å²) in [6.07, 6.45) is 3.57. The molecule has 2 N–H and O–H groups in total. The van der Waals surface area contributed by atoms with Crippen molar-refractivity contribution in [2.45, 2.75) is 143 Å². The molecule has 4 fully saturated rings. The van der Waals surface area contributed by atoms with Gasteiger partial charge in [0, 0.05) is 87.5 Å². The quantitative estimate of drug-likeness (QED) is 0.0529. The maximum atomic E-state index is 15.1. The van der Waals surface area contributed by atoms with Gasteiger partial charge in [-0.2, -0.15) is 30.2 Å². The molecule has 36 heteroatoms. The number of nitrogens with zero attached hydrogens (tertiary/aromatic N) is 20. The number of hydrogen-bond acceptors (Lipinski definition) is 24. The predicted molar refractivity (Wildman–Crippen MR) is 448 cm³/mol. The van der Waals surface area contributed by atoms with Crippen LogP contribution in [-0.4, -0.2) is 158 Å². The van der Waals surface area contributed by atoms with Gasteiger partial charge in [0.1, 0.15) is 59.3 Å². The third-order valence-electron chi connectivity index (χ3n) is 23.1. The number of ether oxygens (including phenoxy) is 4. The fourth-order valence-electron chi connectivity index (χ4n) is 16.4. The minimum Gasteiger partial charge on any atom is -0.444 e. The molecule has 4 saturated heterocycles. The van der Waals surface area contributed by atoms with Crippen molar-refractivity contribution in [1.29, 1.82) is 0 Å². The molecular weight excluding hydrogens is 1600 g/mol. The van der Waals surface area contributed by atoms with Crippen molar-refractivity contribution >= 4 is 82.2 Å². The number of Topliss-reactive ketones (excluding diaryl/α,β-unsaturated/α-hetero) is 2. The number of benzene rings is 8. The molecule has 0 saturated carbocycles. The lowest BCUT2D eigenvalue weighted by Gasteiger charge is -2.15. The maximum absolute atomic E-state index is 15.1. The molecular formula is C88H86F4N22O10. The second-order valence-corrected chi connectivity index (χ2v) is 31.6. The molecule has 0 bridgehead atoms. The van der Waals surface area contributed by atoms with Crippen LogP contribution in [0.15, 0.2) is 158 Å². The highest BCUT2D eigenvalue weighted by Crippen LogP contribution is 2.41. The summed E-state index contributed by atoms with van der Waals surface area (Å²) in [5.74, 6) is 1.25. The van der Waals surface area contributed by atoms with Gasteiger partial charge in [-0.1, -0.05) is 72.6 Å². The second-order valence-electron chi connectivity index (χ2n) is 31.6. The lowest BCUT2D eigenvalue weighted by molar-refractivity contribution is -0.118. The first-order chi connectivity index (χ1) is 60.0. The summed E-state index contributed by atoms with van der Waals surface area (Å²) in [4.78, 5) is 87.8. The number of halogens is 4. The summed E-state index contributed by atoms with van der Waals surface area (Å²) < 4.78 is 81.3. The second kappa shape index (κ2) is 34.9. The van der Waals surface area contributed by atoms with E-state index in [2.05, 4.69) is 71.4 Å². The van der Waals surface area contributed by atoms with Crippen LogP contribution in [-0.2, 0) is 95.0 Å². The van der Waals surface area contributed by atoms with Crippen LogP contribution >= 0.6 is 0 Å². The number of hydrogen-bond donors (Lipinski definition) is 2. The van der Waals surface area contributed by atoms with Gasteiger partial charge in [-0.25, -0.2) is 36.7 Å². The molecule has 32 nitrogen and oxygen atoms in total. The molecule has 0 unspecified atom stereocenters. The molecule has 12 heterocycles. The van der Waals surface area contributed by atoms with Crippen LogP contribution in [0.25, 0.3) is 44.5 Å². The van der Waals surface area contributed by atoms with Gasteiger partial charge in [-0.3, -0.25) is 19.6 Å². The Labute approximate surface area is 708 Å². The Hall–Kier alpha value is -14.5. The van der Waals surface area contributed by atoms with Crippen LogP contribution in [0.5, 0.6) is 0 Å². The Morgan fingerprint density at radius 3 is 0.919 bits per heavy atom. The van der Waals surface area contributed by atoms with Crippen molar-refractivity contribution in [3.05, 3.63) is 226 Å². The summed E-state index contributed by atoms with van der Waals surface area (Å²) in [5.41, 5.74) is 16.1. The summed E-state index contributed by atoms with van der Waals surface area (Å²) in [6, 6.07) is 43.0. The number of fused-ring (bicyclic) bond motifs is 4. The van der Waals surface area contributed by atoms with Crippen molar-refractivity contribution in [2.24, 2.45) is 14.1 Å². The average Bonchev–Trinajstić information content (AvgIpc) is 1.62. The molecule has 4 aromatic heterocycles. The number of rotatable bonds is 20. The monoisotopic (exact) mass is 1690 g/mol. The van der Waals surface area contributed by atoms with E-state index in [1.54, 1.807) is 75.0 Å². The molecule has 20 rings (SSSR count). The largest absolute Gasteiger partial charge is 0.444 e. The molecule has 0 spiro atoms. The first kappa shape index (κ1) is 81.9. The summed E-state index contributed by atoms with van der Waals surface area (Å²) >= 11 is 0. The van der Waals surface area contributed by atoms with Crippen molar-refractivity contribution in [1.82, 2.24) is 71.2 Å². The minimum absolute atomic E-state index is 0.0466. The van der Waals surface area contributed by atoms with E-state index in [4.69, 9.17) is 18.9 Å². The van der Waals surface area contributed by atoms with Gasteiger partial charge in [-0.15, -0.1) is 20.4 Å². The smallest absolute Gasteiger partial charge is 0.414 e. The fourth-order valence-corrected chi connectivity index (χ4v) is 16.4. The number of aryl methyl sites for hydroxylation is 2. The highest BCUT2D eigenvalue weighted by Gasteiger charge is 2.38. The number of nitrogens with one attached hydrogen (secondary N) is 2. The van der Waals surface area contributed by atoms with Crippen LogP contribution in [0.4, 0.5) is 83.0 Å². The number of H-pyrrole nitrogens is 2. The standard InChI is InChI=1S/C23H23FN6O3.C23H22FN5O3.C21H21FN6O2.C21H20FN5O2/c1-14(31)3-7-19-13-30(23(32)33-19)18-6-8-20(21(24)10-18)15-4-5-16-11-29(12-17(16)9-15)22-25-27-28(2)26-22;1-14(30)2-6-19-13-29(23(31)32-19)18-5-7-20(21(24)9-18)15-3-4-16-11-28(12-17(16)8-15)22-10-25-27-26-22;1-3-17-12-28(21(29)30-17)16-6-7-18(19(22)9-16)13-4-5-14-10-27(11-15(14)8-13)20-23-25-26(2)24-20;1-2-17-12-27(21(28)29-17)16-5-6-18(19(22)8-16)13-3-4-14-10-26(11-15(14)7-13)20-9-23-25-24-20/h4-6,8-10,19H,3,7,11-13H2,1-2H3;3-5,7-10,19H,2,6,11-13H2,1H3,(H,25,26,27);4-9,17H,3,10-12H2,1-2H3;3-9,17H,2,10-12H2,1H3,(H,23,24,25)/t2*19-;2*17-/m0000/s1. The normalized spacial score (nSPS) is 17.8. The molecule has 8 aliphatic heterocycles. The minimum atomic E-state index is -0.522. The zero-order chi connectivity index (χ0) is 86.1. The van der Waals surface area contributed by atoms with Crippen LogP contribution in [0.1, 0.15) is 111 Å². The molecule has 4 amide bonds. The highest BCUT2D eigenvalue weighted by molar-refractivity contribution is 5.93. The van der Waals surface area contributed by atoms with Gasteiger partial charge < -0.3 is 48.1 Å². The van der Waals surface area contributed by atoms with E-state index in [-0.39, 0.29) is 47.6 Å². The number of anilines is 8. The summed E-state index contributed by atoms with van der Waals surface area (Å²) in [6.45, 7) is 13.9. The number of aromatic amines is 2. The molecule has 8 aliphatic rings. The first-order valence-corrected chi connectivity index (χ1v) is 40.8. The Morgan fingerprint density at radius 1 is 0.379 bits per heavy atom. The van der Waals surface area contributed by atoms with Crippen LogP contribution in [0.2, 0.25) is 0 Å². The van der Waals surface area contributed by atoms with Crippen molar-refractivity contribution in [2.75, 3.05) is 65.4 Å². The number of amides is 4. The Morgan fingerprint density at radius 2 is 0.661 bits per heavy atom. The van der Waals surface area contributed by atoms with Crippen molar-refractivity contribution in [3.63, 3.8) is 0 Å². The highest BCUT2D eigenvalue weighted by atomic mass is 19.1. The molecule has 4 atom stereocenters. The van der Waals surface area contributed by atoms with E-state index < -0.39 is 36.0 Å². The van der Waals surface area contributed by atoms with E-state index in [0.29, 0.717) is 148 Å². The number of carbonyl (C=O) groups is 6. The lowest BCUT2D eigenvalue weighted by Crippen LogP contribution is -2.24. The Balaban J connectivity index is 0.000000117. The van der Waals surface area contributed by atoms with E-state index >= 15 is 8.78 Å². The fraction of sp³-hybridized carbons (Fsp3) is 0.318. The van der Waals surface area contributed by atoms with Gasteiger partial charge in [-0.05, 0) is 214 Å². The van der Waals surface area contributed by atoms with E-state index in [0.717, 1.165) is 93.2 Å². The number of carbonyl (C=O) groups excluding carboxylic acids is 6. The SMILES string of the molecule is CC(=O)CC[C@H]1CN(c2ccc(-c3ccc4c(c3)CN(c3cn[nH]n3)C4)c(F)c2)C(=O)O1.CC(=O)CC[C@H]1CN(c2ccc(-c3ccc4c(c3)CN(c3nnn(C)n3)C4)c(F)c2)C(=O)O1.CC[C@H]1CN(c2ccc(-c3ccc4c(c3)CN(c3cn[nH]n3)C4)c(F)c2)C(=O)O1.CC[C@H]1CN(c2ccc(-c3ccc4c(c3)CN(c3nnn(C)n3)C4)c(F)c2)C(=O)O1. The molecule has 636 valence electrons. The summed E-state index contributed by atoms with van der Waals surface area (Å²) in [7, 11) is 3.45. The van der Waals surface area contributed by atoms with Gasteiger partial charge in [0.15, 0.2) is 11.6 Å². The third kappa shape index (κ3) is 17.6. The lowest BCUT2D eigenvalue weighted by atomic mass is 10.00. The molecule has 0 radical (unpaired) electrons.